The van der Waals surface area contributed by atoms with Crippen LogP contribution in [0.5, 0.6) is 0 Å². The highest BCUT2D eigenvalue weighted by Gasteiger charge is 2.25. The summed E-state index contributed by atoms with van der Waals surface area (Å²) >= 11 is 0. The number of carbonyl (C=O) groups excluding carboxylic acids is 2. The quantitative estimate of drug-likeness (QED) is 0.0211. The number of quaternary nitrogens is 1. The second-order valence-electron chi connectivity index (χ2n) is 25.1. The lowest BCUT2D eigenvalue weighted by atomic mass is 10.0. The lowest BCUT2D eigenvalue weighted by molar-refractivity contribution is -0.870. The third-order valence-electron chi connectivity index (χ3n) is 15.3. The van der Waals surface area contributed by atoms with Crippen molar-refractivity contribution in [3.8, 4) is 0 Å². The summed E-state index contributed by atoms with van der Waals surface area (Å²) in [5.74, 6) is -2.02. The Labute approximate surface area is 559 Å². The van der Waals surface area contributed by atoms with Gasteiger partial charge in [-0.05, 0) is 122 Å². The lowest BCUT2D eigenvalue weighted by Crippen LogP contribution is -2.40. The van der Waals surface area contributed by atoms with Crippen LogP contribution in [-0.2, 0) is 33.3 Å². The summed E-state index contributed by atoms with van der Waals surface area (Å²) < 4.78 is 23.0. The molecule has 0 aromatic heterocycles. The van der Waals surface area contributed by atoms with E-state index in [0.29, 0.717) is 23.9 Å². The first-order valence-corrected chi connectivity index (χ1v) is 36.6. The monoisotopic (exact) mass is 1260 g/mol. The number of carboxylic acid groups (broad SMARTS) is 1. The van der Waals surface area contributed by atoms with Crippen molar-refractivity contribution < 1.29 is 42.9 Å². The number of hydrogen-bond acceptors (Lipinski definition) is 7. The molecule has 0 saturated carbocycles. The summed E-state index contributed by atoms with van der Waals surface area (Å²) in [5.41, 5.74) is 0. The van der Waals surface area contributed by atoms with Gasteiger partial charge in [0.2, 0.25) is 0 Å². The molecular formula is C82H136NO8+. The molecule has 2 atom stereocenters. The van der Waals surface area contributed by atoms with E-state index in [2.05, 4.69) is 172 Å². The van der Waals surface area contributed by atoms with Crippen LogP contribution >= 0.6 is 0 Å². The van der Waals surface area contributed by atoms with Gasteiger partial charge in [0.25, 0.3) is 6.29 Å². The number of carbonyl (C=O) groups is 3. The van der Waals surface area contributed by atoms with Crippen LogP contribution in [0.1, 0.15) is 284 Å². The number of carboxylic acids is 1. The molecule has 0 fully saturated rings. The van der Waals surface area contributed by atoms with E-state index < -0.39 is 24.3 Å². The fourth-order valence-corrected chi connectivity index (χ4v) is 9.76. The molecule has 0 spiro atoms. The molecule has 0 amide bonds. The maximum atomic E-state index is 13.0. The number of aliphatic carboxylic acids is 1. The van der Waals surface area contributed by atoms with Crippen molar-refractivity contribution in [2.24, 2.45) is 0 Å². The Kier molecular flexibility index (Phi) is 66.8. The molecule has 0 aromatic carbocycles. The van der Waals surface area contributed by atoms with Crippen LogP contribution in [0.2, 0.25) is 0 Å². The first-order valence-electron chi connectivity index (χ1n) is 36.6. The number of nitrogens with zero attached hydrogens (tertiary/aromatic N) is 1. The van der Waals surface area contributed by atoms with Gasteiger partial charge in [-0.2, -0.15) is 0 Å². The van der Waals surface area contributed by atoms with E-state index in [-0.39, 0.29) is 32.2 Å². The first-order chi connectivity index (χ1) is 44.6. The van der Waals surface area contributed by atoms with Gasteiger partial charge in [-0.15, -0.1) is 0 Å². The Bertz CT molecular complexity index is 2060. The van der Waals surface area contributed by atoms with Crippen molar-refractivity contribution in [1.29, 1.82) is 0 Å². The minimum Gasteiger partial charge on any atom is -0.477 e. The molecule has 0 saturated heterocycles. The van der Waals surface area contributed by atoms with E-state index in [0.717, 1.165) is 128 Å². The van der Waals surface area contributed by atoms with E-state index in [1.54, 1.807) is 0 Å². The Morgan fingerprint density at radius 1 is 0.330 bits per heavy atom. The van der Waals surface area contributed by atoms with Crippen LogP contribution in [0.25, 0.3) is 0 Å². The van der Waals surface area contributed by atoms with Crippen molar-refractivity contribution >= 4 is 17.9 Å². The highest BCUT2D eigenvalue weighted by Crippen LogP contribution is 2.17. The molecule has 9 heteroatoms. The number of likely N-dealkylation sites (N-methyl/N-ethyl adjacent to an activating group) is 1. The van der Waals surface area contributed by atoms with Gasteiger partial charge >= 0.3 is 17.9 Å². The number of esters is 2. The van der Waals surface area contributed by atoms with Gasteiger partial charge < -0.3 is 28.5 Å². The maximum absolute atomic E-state index is 13.0. The molecule has 0 heterocycles. The van der Waals surface area contributed by atoms with E-state index in [4.69, 9.17) is 18.9 Å². The largest absolute Gasteiger partial charge is 0.477 e. The fraction of sp³-hybridized carbons (Fsp3) is 0.646. The first kappa shape index (κ1) is 85.9. The zero-order chi connectivity index (χ0) is 66.1. The van der Waals surface area contributed by atoms with E-state index in [1.807, 2.05) is 21.1 Å². The summed E-state index contributed by atoms with van der Waals surface area (Å²) in [6.45, 7) is 4.64. The number of hydrogen-bond donors (Lipinski definition) is 1. The van der Waals surface area contributed by atoms with Gasteiger partial charge in [-0.3, -0.25) is 9.59 Å². The third kappa shape index (κ3) is 72.2. The van der Waals surface area contributed by atoms with Gasteiger partial charge in [-0.1, -0.05) is 307 Å². The van der Waals surface area contributed by atoms with Gasteiger partial charge in [0.05, 0.1) is 34.4 Å². The molecular weight excluding hydrogens is 1130 g/mol. The van der Waals surface area contributed by atoms with Crippen molar-refractivity contribution in [1.82, 2.24) is 0 Å². The number of unbranched alkanes of at least 4 members (excludes halogenated alkanes) is 25. The molecule has 0 aliphatic rings. The fourth-order valence-electron chi connectivity index (χ4n) is 9.76. The molecule has 0 rings (SSSR count). The molecule has 2 unspecified atom stereocenters. The smallest absolute Gasteiger partial charge is 0.361 e. The summed E-state index contributed by atoms with van der Waals surface area (Å²) in [4.78, 5) is 37.7. The van der Waals surface area contributed by atoms with Gasteiger partial charge in [-0.25, -0.2) is 4.79 Å². The molecule has 0 radical (unpaired) electrons. The van der Waals surface area contributed by atoms with Gasteiger partial charge in [0, 0.05) is 12.8 Å². The normalized spacial score (nSPS) is 13.6. The van der Waals surface area contributed by atoms with Crippen LogP contribution in [0, 0.1) is 0 Å². The number of ether oxygens (including phenoxy) is 4. The molecule has 1 N–H and O–H groups in total. The Morgan fingerprint density at radius 3 is 0.879 bits per heavy atom. The average Bonchev–Trinajstić information content (AvgIpc) is 3.46. The van der Waals surface area contributed by atoms with Crippen LogP contribution < -0.4 is 0 Å². The van der Waals surface area contributed by atoms with E-state index in [1.165, 1.54) is 122 Å². The Hall–Kier alpha value is -5.09. The topological polar surface area (TPSA) is 108 Å². The highest BCUT2D eigenvalue weighted by atomic mass is 16.7. The maximum Gasteiger partial charge on any atom is 0.361 e. The van der Waals surface area contributed by atoms with Crippen LogP contribution in [0.4, 0.5) is 0 Å². The Morgan fingerprint density at radius 2 is 0.593 bits per heavy atom. The second-order valence-corrected chi connectivity index (χ2v) is 25.1. The molecule has 0 aliphatic carbocycles. The van der Waals surface area contributed by atoms with E-state index in [9.17, 15) is 19.5 Å². The molecule has 91 heavy (non-hydrogen) atoms. The summed E-state index contributed by atoms with van der Waals surface area (Å²) in [7, 11) is 5.97. The second kappa shape index (κ2) is 70.8. The molecule has 0 aromatic rings. The SMILES string of the molecule is CC/C=C\C/C=C\C/C=C\C/C=C\C/C=C\C/C=C\C/C=C\C/C=C\CCCCCCCCCCC(=O)OC(COC(=O)CCCCCCCCCCCCCCCCCCC/C=C\C/C=C\C/C=C\C/C=C\C/C=C\CC)COC(OCC[N+](C)(C)C)C(=O)O. The van der Waals surface area contributed by atoms with E-state index >= 15 is 0 Å². The zero-order valence-corrected chi connectivity index (χ0v) is 58.9. The average molecular weight is 1260 g/mol. The van der Waals surface area contributed by atoms with Gasteiger partial charge in [0.15, 0.2) is 6.10 Å². The predicted molar refractivity (Wildman–Crippen MR) is 391 cm³/mol. The van der Waals surface area contributed by atoms with Crippen molar-refractivity contribution in [3.63, 3.8) is 0 Å². The summed E-state index contributed by atoms with van der Waals surface area (Å²) in [6, 6.07) is 0. The third-order valence-corrected chi connectivity index (χ3v) is 15.3. The molecule has 0 aliphatic heterocycles. The molecule has 9 nitrogen and oxygen atoms in total. The minimum atomic E-state index is -1.52. The standard InChI is InChI=1S/C82H135NO8/c1-6-8-10-12-14-16-18-20-22-24-26-28-30-32-34-36-38-40-42-44-46-48-50-52-54-56-58-60-62-64-66-68-70-72-79(84)89-76-78(77-90-82(81(86)87)88-75-74-83(3,4)5)91-80(85)73-71-69-67-65-63-61-59-57-55-53-51-49-47-45-43-41-39-37-35-33-31-29-27-25-23-21-19-17-15-13-11-9-7-2/h8-11,14-17,20-23,26-29,32-35,39,41,45,47,51,53,78,82H,6-7,12-13,18-19,24-25,30-31,36-38,40,42-44,46,48-50,52,54-77H2,1-5H3/p+1/b10-8-,11-9-,16-14-,17-15-,22-20-,23-21-,28-26-,29-27-,34-32-,35-33-,41-39-,47-45-,53-51-. The van der Waals surface area contributed by atoms with Crippen LogP contribution in [0.15, 0.2) is 158 Å². The highest BCUT2D eigenvalue weighted by molar-refractivity contribution is 5.71. The summed E-state index contributed by atoms with van der Waals surface area (Å²) in [5, 5.41) is 9.76. The minimum absolute atomic E-state index is 0.179. The van der Waals surface area contributed by atoms with Crippen molar-refractivity contribution in [2.75, 3.05) is 47.5 Å². The summed E-state index contributed by atoms with van der Waals surface area (Å²) in [6.07, 6.45) is 102. The van der Waals surface area contributed by atoms with Crippen LogP contribution in [-0.4, -0.2) is 87.4 Å². The molecule has 516 valence electrons. The van der Waals surface area contributed by atoms with Crippen molar-refractivity contribution in [2.45, 2.75) is 296 Å². The van der Waals surface area contributed by atoms with Crippen LogP contribution in [0.3, 0.4) is 0 Å². The molecule has 0 bridgehead atoms. The van der Waals surface area contributed by atoms with Gasteiger partial charge in [0.1, 0.15) is 13.2 Å². The number of rotatable bonds is 66. The predicted octanol–water partition coefficient (Wildman–Crippen LogP) is 23.2. The zero-order valence-electron chi connectivity index (χ0n) is 58.9. The lowest BCUT2D eigenvalue weighted by Gasteiger charge is -2.25. The van der Waals surface area contributed by atoms with Crippen molar-refractivity contribution in [3.05, 3.63) is 158 Å². The Balaban J connectivity index is 4.15. The number of allylic oxidation sites excluding steroid dienone is 26.